The van der Waals surface area contributed by atoms with Crippen LogP contribution < -0.4 is 0 Å². The molecule has 2 aliphatic heterocycles. The molecule has 3 heterocycles. The zero-order valence-corrected chi connectivity index (χ0v) is 26.5. The van der Waals surface area contributed by atoms with E-state index >= 15 is 0 Å². The van der Waals surface area contributed by atoms with Gasteiger partial charge in [0.2, 0.25) is 0 Å². The second-order valence-electron chi connectivity index (χ2n) is 14.8. The molecule has 0 radical (unpaired) electrons. The minimum Gasteiger partial charge on any atom is -0.410 e. The molecule has 2 aromatic rings. The number of ether oxygens (including phenoxy) is 2. The van der Waals surface area contributed by atoms with Crippen LogP contribution in [0.1, 0.15) is 124 Å². The smallest absolute Gasteiger partial charge is 0.410 e. The topological polar surface area (TPSA) is 40.6 Å². The molecule has 2 spiro atoms. The van der Waals surface area contributed by atoms with Crippen molar-refractivity contribution in [3.63, 3.8) is 0 Å². The Morgan fingerprint density at radius 2 is 1.61 bits per heavy atom. The van der Waals surface area contributed by atoms with Gasteiger partial charge in [0, 0.05) is 48.6 Å². The molecule has 4 nitrogen and oxygen atoms in total. The van der Waals surface area contributed by atoms with Gasteiger partial charge < -0.3 is 13.9 Å². The van der Waals surface area contributed by atoms with E-state index in [-0.39, 0.29) is 22.5 Å². The normalized spacial score (nSPS) is 25.0. The monoisotopic (exact) mass is 587 g/mol. The molecule has 1 saturated heterocycles. The van der Waals surface area contributed by atoms with Gasteiger partial charge in [0.1, 0.15) is 6.10 Å². The highest BCUT2D eigenvalue weighted by atomic mass is 28.4. The fourth-order valence-electron chi connectivity index (χ4n) is 6.97. The van der Waals surface area contributed by atoms with Crippen LogP contribution >= 0.6 is 0 Å². The number of alkyl halides is 3. The molecular formula is C33H44F3NO3Si. The Hall–Kier alpha value is -1.74. The third kappa shape index (κ3) is 5.00. The van der Waals surface area contributed by atoms with Gasteiger partial charge in [-0.25, -0.2) is 0 Å². The van der Waals surface area contributed by atoms with Crippen molar-refractivity contribution in [3.8, 4) is 0 Å². The van der Waals surface area contributed by atoms with E-state index in [9.17, 15) is 13.2 Å². The highest BCUT2D eigenvalue weighted by Crippen LogP contribution is 2.63. The Kier molecular flexibility index (Phi) is 6.89. The van der Waals surface area contributed by atoms with Crippen molar-refractivity contribution in [2.24, 2.45) is 5.41 Å². The number of halogens is 3. The van der Waals surface area contributed by atoms with Crippen LogP contribution in [-0.4, -0.2) is 26.5 Å². The molecule has 4 aliphatic rings. The molecule has 0 N–H and O–H groups in total. The molecule has 2 aliphatic carbocycles. The van der Waals surface area contributed by atoms with Gasteiger partial charge in [0.25, 0.3) is 0 Å². The molecule has 2 atom stereocenters. The van der Waals surface area contributed by atoms with Crippen LogP contribution in [-0.2, 0) is 32.1 Å². The molecule has 2 fully saturated rings. The SMILES string of the molecule is CC(C)c1nc2c(c3c1C(c1ccc(C(F)(F)F)cc1)OC31CCOCC1)C(O[Si](C)(C)C(C)(C)C)CC1(CC1)C2. The zero-order valence-electron chi connectivity index (χ0n) is 25.5. The second kappa shape index (κ2) is 9.63. The quantitative estimate of drug-likeness (QED) is 0.335. The van der Waals surface area contributed by atoms with E-state index in [0.717, 1.165) is 35.4 Å². The lowest BCUT2D eigenvalue weighted by molar-refractivity contribution is -0.137. The summed E-state index contributed by atoms with van der Waals surface area (Å²) in [7, 11) is -2.13. The van der Waals surface area contributed by atoms with Crippen LogP contribution in [0.4, 0.5) is 13.2 Å². The lowest BCUT2D eigenvalue weighted by atomic mass is 9.73. The summed E-state index contributed by atoms with van der Waals surface area (Å²) in [6, 6.07) is 5.52. The third-order valence-electron chi connectivity index (χ3n) is 10.5. The molecule has 2 unspecified atom stereocenters. The van der Waals surface area contributed by atoms with Gasteiger partial charge in [-0.3, -0.25) is 4.98 Å². The van der Waals surface area contributed by atoms with Crippen molar-refractivity contribution in [2.45, 2.75) is 121 Å². The minimum atomic E-state index is -4.38. The van der Waals surface area contributed by atoms with E-state index in [2.05, 4.69) is 47.7 Å². The molecule has 0 amide bonds. The molecule has 0 bridgehead atoms. The first kappa shape index (κ1) is 29.3. The molecule has 1 saturated carbocycles. The molecule has 224 valence electrons. The third-order valence-corrected chi connectivity index (χ3v) is 15.0. The van der Waals surface area contributed by atoms with E-state index in [1.807, 2.05) is 0 Å². The number of hydrogen-bond donors (Lipinski definition) is 0. The number of pyridine rings is 1. The zero-order chi connectivity index (χ0) is 29.6. The molecule has 41 heavy (non-hydrogen) atoms. The standard InChI is InChI=1S/C33H44F3NO3Si/c1-20(2)28-26-27(25-23(37-28)18-31(12-13-31)19-24(25)40-41(6,7)30(3,4)5)32(14-16-38-17-15-32)39-29(26)21-8-10-22(11-9-21)33(34,35)36/h8-11,20,24,29H,12-19H2,1-7H3. The summed E-state index contributed by atoms with van der Waals surface area (Å²) in [5, 5.41) is 0.0609. The number of benzene rings is 1. The van der Waals surface area contributed by atoms with Gasteiger partial charge >= 0.3 is 6.18 Å². The first-order valence-electron chi connectivity index (χ1n) is 15.2. The van der Waals surface area contributed by atoms with Crippen molar-refractivity contribution in [1.82, 2.24) is 4.98 Å². The molecule has 6 rings (SSSR count). The lowest BCUT2D eigenvalue weighted by Gasteiger charge is -2.44. The van der Waals surface area contributed by atoms with Crippen LogP contribution in [0.2, 0.25) is 18.1 Å². The number of fused-ring (bicyclic) bond motifs is 4. The van der Waals surface area contributed by atoms with Crippen LogP contribution in [0.3, 0.4) is 0 Å². The maximum Gasteiger partial charge on any atom is 0.416 e. The van der Waals surface area contributed by atoms with E-state index in [1.165, 1.54) is 36.1 Å². The summed E-state index contributed by atoms with van der Waals surface area (Å²) >= 11 is 0. The van der Waals surface area contributed by atoms with Crippen molar-refractivity contribution >= 4 is 8.32 Å². The maximum atomic E-state index is 13.4. The Labute approximate surface area is 243 Å². The van der Waals surface area contributed by atoms with E-state index in [1.54, 1.807) is 12.1 Å². The van der Waals surface area contributed by atoms with Gasteiger partial charge in [-0.15, -0.1) is 0 Å². The number of nitrogens with zero attached hydrogens (tertiary/aromatic N) is 1. The van der Waals surface area contributed by atoms with Gasteiger partial charge in [-0.2, -0.15) is 13.2 Å². The average Bonchev–Trinajstić information content (AvgIpc) is 3.55. The van der Waals surface area contributed by atoms with Crippen molar-refractivity contribution in [2.75, 3.05) is 13.2 Å². The lowest BCUT2D eigenvalue weighted by Crippen LogP contribution is -2.44. The van der Waals surface area contributed by atoms with Crippen LogP contribution in [0.15, 0.2) is 24.3 Å². The average molecular weight is 588 g/mol. The molecule has 8 heteroatoms. The van der Waals surface area contributed by atoms with Gasteiger partial charge in [0.15, 0.2) is 8.32 Å². The molecule has 1 aromatic heterocycles. The Morgan fingerprint density at radius 3 is 2.15 bits per heavy atom. The summed E-state index contributed by atoms with van der Waals surface area (Å²) in [5.41, 5.74) is 5.43. The summed E-state index contributed by atoms with van der Waals surface area (Å²) in [6.45, 7) is 17.0. The van der Waals surface area contributed by atoms with Gasteiger partial charge in [0.05, 0.1) is 17.3 Å². The maximum absolute atomic E-state index is 13.4. The first-order valence-corrected chi connectivity index (χ1v) is 18.1. The number of aromatic nitrogens is 1. The first-order chi connectivity index (χ1) is 19.1. The summed E-state index contributed by atoms with van der Waals surface area (Å²) in [4.78, 5) is 5.42. The van der Waals surface area contributed by atoms with Crippen LogP contribution in [0.5, 0.6) is 0 Å². The summed E-state index contributed by atoms with van der Waals surface area (Å²) < 4.78 is 60.6. The fourth-order valence-corrected chi connectivity index (χ4v) is 8.23. The Morgan fingerprint density at radius 1 is 0.976 bits per heavy atom. The second-order valence-corrected chi connectivity index (χ2v) is 19.5. The van der Waals surface area contributed by atoms with E-state index in [0.29, 0.717) is 26.1 Å². The predicted octanol–water partition coefficient (Wildman–Crippen LogP) is 9.14. The minimum absolute atomic E-state index is 0.0562. The summed E-state index contributed by atoms with van der Waals surface area (Å²) in [5.74, 6) is 0.140. The number of hydrogen-bond acceptors (Lipinski definition) is 4. The van der Waals surface area contributed by atoms with Gasteiger partial charge in [-0.1, -0.05) is 46.8 Å². The Bertz CT molecular complexity index is 1320. The van der Waals surface area contributed by atoms with Gasteiger partial charge in [-0.05, 0) is 78.4 Å². The predicted molar refractivity (Wildman–Crippen MR) is 155 cm³/mol. The highest BCUT2D eigenvalue weighted by Gasteiger charge is 2.56. The van der Waals surface area contributed by atoms with Crippen molar-refractivity contribution < 1.29 is 27.1 Å². The van der Waals surface area contributed by atoms with Crippen LogP contribution in [0.25, 0.3) is 0 Å². The van der Waals surface area contributed by atoms with E-state index in [4.69, 9.17) is 18.9 Å². The molecule has 1 aromatic carbocycles. The summed E-state index contributed by atoms with van der Waals surface area (Å²) in [6.07, 6.45) is 0.887. The van der Waals surface area contributed by atoms with Crippen molar-refractivity contribution in [3.05, 3.63) is 63.5 Å². The highest BCUT2D eigenvalue weighted by molar-refractivity contribution is 6.74. The molecular weight excluding hydrogens is 543 g/mol. The van der Waals surface area contributed by atoms with Crippen LogP contribution in [0, 0.1) is 5.41 Å². The van der Waals surface area contributed by atoms with Crippen molar-refractivity contribution in [1.29, 1.82) is 0 Å². The largest absolute Gasteiger partial charge is 0.416 e. The fraction of sp³-hybridized carbons (Fsp3) is 0.667. The Balaban J connectivity index is 1.57. The number of rotatable bonds is 4. The van der Waals surface area contributed by atoms with E-state index < -0.39 is 31.8 Å².